The number of nitrogens with one attached hydrogen (secondary N) is 1. The molecule has 0 aliphatic carbocycles. The lowest BCUT2D eigenvalue weighted by molar-refractivity contribution is 0.0698. The molecule has 0 radical (unpaired) electrons. The van der Waals surface area contributed by atoms with Gasteiger partial charge < -0.3 is 10.4 Å². The first-order valence-electron chi connectivity index (χ1n) is 5.85. The molecule has 0 spiro atoms. The van der Waals surface area contributed by atoms with Gasteiger partial charge in [-0.2, -0.15) is 0 Å². The standard InChI is InChI=1S/C13H18ClNO2/c1-3-9(4-2)8-15-11-7-5-6-10(14)12(11)13(16)17/h5-7,9,15H,3-4,8H2,1-2H3,(H,16,17). The zero-order valence-electron chi connectivity index (χ0n) is 10.2. The number of hydrogen-bond acceptors (Lipinski definition) is 2. The number of carboxylic acid groups (broad SMARTS) is 1. The molecule has 3 nitrogen and oxygen atoms in total. The van der Waals surface area contributed by atoms with Crippen LogP contribution in [0.5, 0.6) is 0 Å². The number of anilines is 1. The summed E-state index contributed by atoms with van der Waals surface area (Å²) in [4.78, 5) is 11.1. The monoisotopic (exact) mass is 255 g/mol. The highest BCUT2D eigenvalue weighted by molar-refractivity contribution is 6.34. The van der Waals surface area contributed by atoms with Crippen LogP contribution in [0.3, 0.4) is 0 Å². The van der Waals surface area contributed by atoms with Gasteiger partial charge in [0.15, 0.2) is 0 Å². The van der Waals surface area contributed by atoms with Crippen LogP contribution in [0.15, 0.2) is 18.2 Å². The first-order chi connectivity index (χ1) is 8.10. The van der Waals surface area contributed by atoms with Gasteiger partial charge in [0.2, 0.25) is 0 Å². The molecule has 0 saturated heterocycles. The molecule has 0 unspecified atom stereocenters. The molecule has 0 amide bonds. The van der Waals surface area contributed by atoms with Gasteiger partial charge in [-0.1, -0.05) is 44.4 Å². The van der Waals surface area contributed by atoms with Gasteiger partial charge in [0.1, 0.15) is 5.56 Å². The Hall–Kier alpha value is -1.22. The Morgan fingerprint density at radius 1 is 1.41 bits per heavy atom. The highest BCUT2D eigenvalue weighted by Gasteiger charge is 2.14. The van der Waals surface area contributed by atoms with E-state index in [0.29, 0.717) is 11.6 Å². The van der Waals surface area contributed by atoms with E-state index in [0.717, 1.165) is 19.4 Å². The lowest BCUT2D eigenvalue weighted by Crippen LogP contribution is -2.15. The molecule has 0 fully saturated rings. The Bertz CT molecular complexity index is 389. The average molecular weight is 256 g/mol. The number of hydrogen-bond donors (Lipinski definition) is 2. The second-order valence-electron chi connectivity index (χ2n) is 4.03. The Labute approximate surface area is 107 Å². The molecular formula is C13H18ClNO2. The van der Waals surface area contributed by atoms with Crippen molar-refractivity contribution in [2.24, 2.45) is 5.92 Å². The first kappa shape index (κ1) is 13.8. The van der Waals surface area contributed by atoms with Crippen molar-refractivity contribution in [1.29, 1.82) is 0 Å². The van der Waals surface area contributed by atoms with Crippen LogP contribution in [0.4, 0.5) is 5.69 Å². The molecule has 0 saturated carbocycles. The maximum absolute atomic E-state index is 11.1. The number of carbonyl (C=O) groups is 1. The summed E-state index contributed by atoms with van der Waals surface area (Å²) in [6.45, 7) is 5.03. The van der Waals surface area contributed by atoms with Crippen LogP contribution in [0.1, 0.15) is 37.0 Å². The van der Waals surface area contributed by atoms with Crippen molar-refractivity contribution in [3.05, 3.63) is 28.8 Å². The Morgan fingerprint density at radius 3 is 2.59 bits per heavy atom. The quantitative estimate of drug-likeness (QED) is 0.811. The molecule has 0 aliphatic heterocycles. The van der Waals surface area contributed by atoms with Crippen molar-refractivity contribution < 1.29 is 9.90 Å². The van der Waals surface area contributed by atoms with Gasteiger partial charge in [0, 0.05) is 6.54 Å². The zero-order valence-corrected chi connectivity index (χ0v) is 10.9. The number of aromatic carboxylic acids is 1. The molecule has 2 N–H and O–H groups in total. The third-order valence-electron chi connectivity index (χ3n) is 2.96. The molecule has 17 heavy (non-hydrogen) atoms. The zero-order chi connectivity index (χ0) is 12.8. The molecule has 1 aromatic carbocycles. The van der Waals surface area contributed by atoms with Gasteiger partial charge in [-0.15, -0.1) is 0 Å². The van der Waals surface area contributed by atoms with Gasteiger partial charge in [0.05, 0.1) is 10.7 Å². The van der Waals surface area contributed by atoms with Gasteiger partial charge >= 0.3 is 5.97 Å². The maximum atomic E-state index is 11.1. The summed E-state index contributed by atoms with van der Waals surface area (Å²) in [5.41, 5.74) is 0.747. The van der Waals surface area contributed by atoms with Gasteiger partial charge in [0.25, 0.3) is 0 Å². The summed E-state index contributed by atoms with van der Waals surface area (Å²) in [6.07, 6.45) is 2.15. The molecule has 0 aliphatic rings. The van der Waals surface area contributed by atoms with Gasteiger partial charge in [-0.3, -0.25) is 0 Å². The molecule has 0 aromatic heterocycles. The number of carboxylic acids is 1. The Kier molecular flexibility index (Phi) is 5.29. The van der Waals surface area contributed by atoms with E-state index < -0.39 is 5.97 Å². The minimum atomic E-state index is -0.998. The van der Waals surface area contributed by atoms with E-state index in [1.54, 1.807) is 18.2 Å². The molecule has 94 valence electrons. The van der Waals surface area contributed by atoms with Crippen LogP contribution < -0.4 is 5.32 Å². The third kappa shape index (κ3) is 3.63. The highest BCUT2D eigenvalue weighted by Crippen LogP contribution is 2.24. The summed E-state index contributed by atoms with van der Waals surface area (Å²) >= 11 is 5.89. The fourth-order valence-corrected chi connectivity index (χ4v) is 1.98. The predicted molar refractivity (Wildman–Crippen MR) is 71.0 cm³/mol. The number of rotatable bonds is 6. The van der Waals surface area contributed by atoms with Crippen LogP contribution in [0.2, 0.25) is 5.02 Å². The van der Waals surface area contributed by atoms with Crippen molar-refractivity contribution >= 4 is 23.3 Å². The predicted octanol–water partition coefficient (Wildman–Crippen LogP) is 3.89. The summed E-state index contributed by atoms with van der Waals surface area (Å²) in [7, 11) is 0. The first-order valence-corrected chi connectivity index (χ1v) is 6.23. The van der Waals surface area contributed by atoms with Crippen LogP contribution in [0, 0.1) is 5.92 Å². The Balaban J connectivity index is 2.84. The molecule has 0 bridgehead atoms. The SMILES string of the molecule is CCC(CC)CNc1cccc(Cl)c1C(=O)O. The normalized spacial score (nSPS) is 10.6. The van der Waals surface area contributed by atoms with E-state index in [4.69, 9.17) is 16.7 Å². The summed E-state index contributed by atoms with van der Waals surface area (Å²) in [6, 6.07) is 5.09. The van der Waals surface area contributed by atoms with Crippen LogP contribution >= 0.6 is 11.6 Å². The van der Waals surface area contributed by atoms with Crippen LogP contribution in [-0.4, -0.2) is 17.6 Å². The molecule has 4 heteroatoms. The van der Waals surface area contributed by atoms with E-state index in [1.165, 1.54) is 0 Å². The molecule has 0 atom stereocenters. The maximum Gasteiger partial charge on any atom is 0.339 e. The van der Waals surface area contributed by atoms with E-state index in [1.807, 2.05) is 0 Å². The minimum Gasteiger partial charge on any atom is -0.478 e. The molecule has 0 heterocycles. The van der Waals surface area contributed by atoms with Crippen molar-refractivity contribution in [2.75, 3.05) is 11.9 Å². The number of halogens is 1. The average Bonchev–Trinajstić information content (AvgIpc) is 2.29. The fraction of sp³-hybridized carbons (Fsp3) is 0.462. The van der Waals surface area contributed by atoms with Gasteiger partial charge in [-0.25, -0.2) is 4.79 Å². The lowest BCUT2D eigenvalue weighted by atomic mass is 10.0. The molecule has 1 aromatic rings. The third-order valence-corrected chi connectivity index (χ3v) is 3.28. The van der Waals surface area contributed by atoms with Gasteiger partial charge in [-0.05, 0) is 18.1 Å². The van der Waals surface area contributed by atoms with E-state index in [-0.39, 0.29) is 10.6 Å². The van der Waals surface area contributed by atoms with Crippen molar-refractivity contribution in [1.82, 2.24) is 0 Å². The fourth-order valence-electron chi connectivity index (χ4n) is 1.72. The topological polar surface area (TPSA) is 49.3 Å². The Morgan fingerprint density at radius 2 is 2.06 bits per heavy atom. The van der Waals surface area contributed by atoms with Crippen molar-refractivity contribution in [3.63, 3.8) is 0 Å². The highest BCUT2D eigenvalue weighted by atomic mass is 35.5. The van der Waals surface area contributed by atoms with E-state index >= 15 is 0 Å². The summed E-state index contributed by atoms with van der Waals surface area (Å²) in [5.74, 6) is -0.446. The number of benzene rings is 1. The summed E-state index contributed by atoms with van der Waals surface area (Å²) in [5, 5.41) is 12.5. The van der Waals surface area contributed by atoms with Crippen molar-refractivity contribution in [3.8, 4) is 0 Å². The van der Waals surface area contributed by atoms with E-state index in [2.05, 4.69) is 19.2 Å². The second kappa shape index (κ2) is 6.50. The van der Waals surface area contributed by atoms with E-state index in [9.17, 15) is 4.79 Å². The van der Waals surface area contributed by atoms with Crippen molar-refractivity contribution in [2.45, 2.75) is 26.7 Å². The van der Waals surface area contributed by atoms with Crippen LogP contribution in [0.25, 0.3) is 0 Å². The largest absolute Gasteiger partial charge is 0.478 e. The summed E-state index contributed by atoms with van der Waals surface area (Å²) < 4.78 is 0. The smallest absolute Gasteiger partial charge is 0.339 e. The second-order valence-corrected chi connectivity index (χ2v) is 4.44. The molecular weight excluding hydrogens is 238 g/mol. The molecule has 1 rings (SSSR count). The van der Waals surface area contributed by atoms with Crippen LogP contribution in [-0.2, 0) is 0 Å². The lowest BCUT2D eigenvalue weighted by Gasteiger charge is -2.16. The minimum absolute atomic E-state index is 0.153.